The molecule has 0 saturated carbocycles. The Labute approximate surface area is 202 Å². The molecule has 0 amide bonds. The first-order valence-corrected chi connectivity index (χ1v) is 11.0. The summed E-state index contributed by atoms with van der Waals surface area (Å²) in [4.78, 5) is 0. The number of rotatable bonds is 8. The van der Waals surface area contributed by atoms with Crippen LogP contribution in [-0.4, -0.2) is 10.2 Å². The van der Waals surface area contributed by atoms with Crippen molar-refractivity contribution in [2.75, 3.05) is 10.6 Å². The van der Waals surface area contributed by atoms with Gasteiger partial charge in [-0.3, -0.25) is 0 Å². The third kappa shape index (κ3) is 7.09. The maximum Gasteiger partial charge on any atom is 0.171 e. The highest BCUT2D eigenvalue weighted by Crippen LogP contribution is 2.24. The molecule has 4 rings (SSSR count). The molecule has 9 heteroatoms. The minimum atomic E-state index is 0.514. The van der Waals surface area contributed by atoms with Gasteiger partial charge in [0.05, 0.1) is 25.6 Å². The van der Waals surface area contributed by atoms with Crippen LogP contribution in [0.3, 0.4) is 0 Å². The molecule has 0 aliphatic heterocycles. The van der Waals surface area contributed by atoms with E-state index in [1.165, 1.54) is 0 Å². The van der Waals surface area contributed by atoms with Crippen LogP contribution in [0.4, 0.5) is 11.4 Å². The van der Waals surface area contributed by atoms with Crippen molar-refractivity contribution in [3.63, 3.8) is 0 Å². The number of hydrogen-bond acceptors (Lipinski definition) is 5. The summed E-state index contributed by atoms with van der Waals surface area (Å²) < 4.78 is 16.5. The zero-order chi connectivity index (χ0) is 22.9. The SMILES string of the molecule is S=C(NCc1ccco1)Nc1ccc(Oc2ccc(NC(=S)NCc3ccco3)cc2)cc1. The number of furan rings is 2. The topological polar surface area (TPSA) is 83.6 Å². The van der Waals surface area contributed by atoms with Gasteiger partial charge in [0.1, 0.15) is 23.0 Å². The molecule has 168 valence electrons. The van der Waals surface area contributed by atoms with Crippen molar-refractivity contribution in [1.82, 2.24) is 10.6 Å². The highest BCUT2D eigenvalue weighted by atomic mass is 32.1. The summed E-state index contributed by atoms with van der Waals surface area (Å²) >= 11 is 10.6. The third-order valence-electron chi connectivity index (χ3n) is 4.47. The highest BCUT2D eigenvalue weighted by molar-refractivity contribution is 7.80. The summed E-state index contributed by atoms with van der Waals surface area (Å²) in [6.07, 6.45) is 3.26. The summed E-state index contributed by atoms with van der Waals surface area (Å²) in [6, 6.07) is 22.5. The van der Waals surface area contributed by atoms with Crippen LogP contribution in [0.5, 0.6) is 11.5 Å². The number of hydrogen-bond donors (Lipinski definition) is 4. The smallest absolute Gasteiger partial charge is 0.171 e. The Morgan fingerprint density at radius 3 is 1.42 bits per heavy atom. The Bertz CT molecular complexity index is 1070. The summed E-state index contributed by atoms with van der Waals surface area (Å²) in [5.74, 6) is 3.06. The van der Waals surface area contributed by atoms with Crippen molar-refractivity contribution in [2.24, 2.45) is 0 Å². The van der Waals surface area contributed by atoms with Crippen molar-refractivity contribution < 1.29 is 13.6 Å². The summed E-state index contributed by atoms with van der Waals surface area (Å²) in [7, 11) is 0. The van der Waals surface area contributed by atoms with E-state index in [0.717, 1.165) is 22.9 Å². The Hall–Kier alpha value is -3.82. The van der Waals surface area contributed by atoms with Crippen molar-refractivity contribution in [3.8, 4) is 11.5 Å². The Balaban J connectivity index is 1.22. The second kappa shape index (κ2) is 11.2. The molecule has 2 aromatic heterocycles. The number of thiocarbonyl (C=S) groups is 2. The van der Waals surface area contributed by atoms with Crippen LogP contribution in [0.15, 0.2) is 94.2 Å². The minimum absolute atomic E-state index is 0.514. The van der Waals surface area contributed by atoms with Gasteiger partial charge in [0.25, 0.3) is 0 Å². The molecule has 0 aliphatic carbocycles. The standard InChI is InChI=1S/C24H22N4O3S2/c32-23(25-15-21-3-1-13-29-21)27-17-5-9-19(10-6-17)31-20-11-7-18(8-12-20)28-24(33)26-16-22-4-2-14-30-22/h1-14H,15-16H2,(H2,25,27,32)(H2,26,28,33). The average Bonchev–Trinajstić information content (AvgIpc) is 3.53. The lowest BCUT2D eigenvalue weighted by molar-refractivity contribution is 0.483. The summed E-state index contributed by atoms with van der Waals surface area (Å²) in [5.41, 5.74) is 1.71. The van der Waals surface area contributed by atoms with Gasteiger partial charge < -0.3 is 34.8 Å². The maximum absolute atomic E-state index is 5.91. The second-order valence-electron chi connectivity index (χ2n) is 6.92. The lowest BCUT2D eigenvalue weighted by atomic mass is 10.3. The molecule has 2 aromatic carbocycles. The fourth-order valence-corrected chi connectivity index (χ4v) is 3.24. The van der Waals surface area contributed by atoms with Gasteiger partial charge >= 0.3 is 0 Å². The highest BCUT2D eigenvalue weighted by Gasteiger charge is 2.03. The predicted octanol–water partition coefficient (Wildman–Crippen LogP) is 5.64. The lowest BCUT2D eigenvalue weighted by Crippen LogP contribution is -2.27. The van der Waals surface area contributed by atoms with E-state index in [-0.39, 0.29) is 0 Å². The second-order valence-corrected chi connectivity index (χ2v) is 7.74. The monoisotopic (exact) mass is 478 g/mol. The zero-order valence-corrected chi connectivity index (χ0v) is 19.2. The summed E-state index contributed by atoms with van der Waals surface area (Å²) in [6.45, 7) is 1.05. The van der Waals surface area contributed by atoms with Crippen LogP contribution < -0.4 is 26.0 Å². The molecular weight excluding hydrogens is 456 g/mol. The molecule has 0 atom stereocenters. The largest absolute Gasteiger partial charge is 0.467 e. The zero-order valence-electron chi connectivity index (χ0n) is 17.5. The average molecular weight is 479 g/mol. The molecule has 33 heavy (non-hydrogen) atoms. The van der Waals surface area contributed by atoms with Crippen LogP contribution in [0.2, 0.25) is 0 Å². The van der Waals surface area contributed by atoms with Gasteiger partial charge in [-0.2, -0.15) is 0 Å². The minimum Gasteiger partial charge on any atom is -0.467 e. The van der Waals surface area contributed by atoms with Crippen LogP contribution in [0, 0.1) is 0 Å². The van der Waals surface area contributed by atoms with Crippen molar-refractivity contribution in [3.05, 3.63) is 96.8 Å². The van der Waals surface area contributed by atoms with E-state index in [9.17, 15) is 0 Å². The summed E-state index contributed by atoms with van der Waals surface area (Å²) in [5, 5.41) is 13.5. The number of benzene rings is 2. The quantitative estimate of drug-likeness (QED) is 0.241. The van der Waals surface area contributed by atoms with Crippen LogP contribution in [-0.2, 0) is 13.1 Å². The number of nitrogens with one attached hydrogen (secondary N) is 4. The first-order chi connectivity index (χ1) is 16.1. The lowest BCUT2D eigenvalue weighted by Gasteiger charge is -2.12. The number of ether oxygens (including phenoxy) is 1. The van der Waals surface area contributed by atoms with E-state index < -0.39 is 0 Å². The first-order valence-electron chi connectivity index (χ1n) is 10.2. The molecule has 0 fully saturated rings. The molecule has 0 unspecified atom stereocenters. The molecule has 0 radical (unpaired) electrons. The van der Waals surface area contributed by atoms with E-state index in [1.807, 2.05) is 72.8 Å². The predicted molar refractivity (Wildman–Crippen MR) is 136 cm³/mol. The molecule has 0 spiro atoms. The van der Waals surface area contributed by atoms with Gasteiger partial charge in [0, 0.05) is 11.4 Å². The van der Waals surface area contributed by atoms with E-state index in [1.54, 1.807) is 12.5 Å². The van der Waals surface area contributed by atoms with Crippen LogP contribution in [0.1, 0.15) is 11.5 Å². The van der Waals surface area contributed by atoms with Gasteiger partial charge in [-0.25, -0.2) is 0 Å². The molecule has 0 bridgehead atoms. The Kier molecular flexibility index (Phi) is 7.57. The van der Waals surface area contributed by atoms with Gasteiger partial charge in [-0.15, -0.1) is 0 Å². The van der Waals surface area contributed by atoms with Crippen molar-refractivity contribution >= 4 is 46.0 Å². The molecular formula is C24H22N4O3S2. The third-order valence-corrected chi connectivity index (χ3v) is 4.96. The molecule has 4 N–H and O–H groups in total. The van der Waals surface area contributed by atoms with Gasteiger partial charge in [-0.1, -0.05) is 0 Å². The van der Waals surface area contributed by atoms with Gasteiger partial charge in [0.15, 0.2) is 10.2 Å². The van der Waals surface area contributed by atoms with Crippen LogP contribution in [0.25, 0.3) is 0 Å². The van der Waals surface area contributed by atoms with Crippen LogP contribution >= 0.6 is 24.4 Å². The fourth-order valence-electron chi connectivity index (χ4n) is 2.86. The van der Waals surface area contributed by atoms with E-state index in [2.05, 4.69) is 21.3 Å². The van der Waals surface area contributed by atoms with E-state index in [4.69, 9.17) is 38.0 Å². The molecule has 0 aliphatic rings. The Morgan fingerprint density at radius 1 is 0.636 bits per heavy atom. The first kappa shape index (κ1) is 22.4. The normalized spacial score (nSPS) is 10.3. The van der Waals surface area contributed by atoms with E-state index in [0.29, 0.717) is 34.8 Å². The van der Waals surface area contributed by atoms with Crippen molar-refractivity contribution in [1.29, 1.82) is 0 Å². The Morgan fingerprint density at radius 2 is 1.06 bits per heavy atom. The number of anilines is 2. The fraction of sp³-hybridized carbons (Fsp3) is 0.0833. The van der Waals surface area contributed by atoms with Crippen molar-refractivity contribution in [2.45, 2.75) is 13.1 Å². The van der Waals surface area contributed by atoms with Gasteiger partial charge in [-0.05, 0) is 97.2 Å². The molecule has 2 heterocycles. The molecule has 0 saturated heterocycles. The van der Waals surface area contributed by atoms with Gasteiger partial charge in [0.2, 0.25) is 0 Å². The molecule has 7 nitrogen and oxygen atoms in total. The molecule has 4 aromatic rings. The maximum atomic E-state index is 5.91. The van der Waals surface area contributed by atoms with E-state index >= 15 is 0 Å².